The molecule has 42 heavy (non-hydrogen) atoms. The SMILES string of the molecule is CC(C)(C)NC1CC1.CC(C)(C)NCc1ccco1.CN1CCN(C(C)(C)C)CC1.Cc1ccc(NC(C)(C)C)cc1. The minimum absolute atomic E-state index is 0.148. The maximum Gasteiger partial charge on any atom is 0.117 e. The molecule has 0 bridgehead atoms. The van der Waals surface area contributed by atoms with Gasteiger partial charge >= 0.3 is 0 Å². The lowest BCUT2D eigenvalue weighted by molar-refractivity contribution is 0.0735. The number of hydrogen-bond acceptors (Lipinski definition) is 6. The molecule has 6 heteroatoms. The van der Waals surface area contributed by atoms with E-state index in [-0.39, 0.29) is 11.1 Å². The molecule has 2 aliphatic rings. The third-order valence-corrected chi connectivity index (χ3v) is 6.61. The van der Waals surface area contributed by atoms with Crippen LogP contribution < -0.4 is 16.0 Å². The highest BCUT2D eigenvalue weighted by Crippen LogP contribution is 2.21. The number of anilines is 1. The molecular formula is C36H67N5O. The van der Waals surface area contributed by atoms with Gasteiger partial charge in [0, 0.05) is 60.1 Å². The molecule has 2 fully saturated rings. The van der Waals surface area contributed by atoms with Crippen molar-refractivity contribution in [3.05, 3.63) is 54.0 Å². The van der Waals surface area contributed by atoms with Gasteiger partial charge in [0.05, 0.1) is 12.8 Å². The van der Waals surface area contributed by atoms with Crippen molar-refractivity contribution in [3.63, 3.8) is 0 Å². The molecule has 2 heterocycles. The number of likely N-dealkylation sites (N-methyl/N-ethyl adjacent to an activating group) is 1. The van der Waals surface area contributed by atoms with Crippen LogP contribution in [0.3, 0.4) is 0 Å². The van der Waals surface area contributed by atoms with Crippen molar-refractivity contribution in [2.24, 2.45) is 0 Å². The predicted octanol–water partition coefficient (Wildman–Crippen LogP) is 7.94. The fraction of sp³-hybridized carbons (Fsp3) is 0.722. The third-order valence-electron chi connectivity index (χ3n) is 6.61. The van der Waals surface area contributed by atoms with Crippen molar-refractivity contribution in [1.29, 1.82) is 0 Å². The highest BCUT2D eigenvalue weighted by molar-refractivity contribution is 5.46. The number of rotatable bonds is 4. The second-order valence-electron chi connectivity index (χ2n) is 16.1. The van der Waals surface area contributed by atoms with Crippen molar-refractivity contribution < 1.29 is 4.42 Å². The molecule has 1 saturated carbocycles. The minimum Gasteiger partial charge on any atom is -0.468 e. The van der Waals surface area contributed by atoms with Gasteiger partial charge in [-0.3, -0.25) is 4.90 Å². The van der Waals surface area contributed by atoms with E-state index in [9.17, 15) is 0 Å². The van der Waals surface area contributed by atoms with Crippen LogP contribution in [0.4, 0.5) is 5.69 Å². The number of furan rings is 1. The topological polar surface area (TPSA) is 55.7 Å². The largest absolute Gasteiger partial charge is 0.468 e. The highest BCUT2D eigenvalue weighted by Gasteiger charge is 2.25. The molecule has 1 aromatic carbocycles. The molecule has 1 aromatic heterocycles. The summed E-state index contributed by atoms with van der Waals surface area (Å²) in [4.78, 5) is 4.94. The Labute approximate surface area is 260 Å². The van der Waals surface area contributed by atoms with Crippen molar-refractivity contribution in [2.75, 3.05) is 38.5 Å². The molecule has 0 radical (unpaired) electrons. The first kappa shape index (κ1) is 38.2. The summed E-state index contributed by atoms with van der Waals surface area (Å²) in [6.07, 6.45) is 4.47. The minimum atomic E-state index is 0.148. The van der Waals surface area contributed by atoms with E-state index < -0.39 is 0 Å². The summed E-state index contributed by atoms with van der Waals surface area (Å²) < 4.78 is 5.17. The van der Waals surface area contributed by atoms with Gasteiger partial charge in [-0.05, 0) is 134 Å². The van der Waals surface area contributed by atoms with E-state index in [0.717, 1.165) is 18.3 Å². The van der Waals surface area contributed by atoms with Gasteiger partial charge in [0.1, 0.15) is 5.76 Å². The summed E-state index contributed by atoms with van der Waals surface area (Å²) in [5.74, 6) is 0.986. The maximum absolute atomic E-state index is 5.17. The average Bonchev–Trinajstić information content (AvgIpc) is 3.46. The molecule has 0 atom stereocenters. The van der Waals surface area contributed by atoms with Crippen LogP contribution in [-0.2, 0) is 6.54 Å². The van der Waals surface area contributed by atoms with Crippen molar-refractivity contribution >= 4 is 5.69 Å². The van der Waals surface area contributed by atoms with E-state index >= 15 is 0 Å². The normalized spacial score (nSPS) is 16.7. The number of nitrogens with one attached hydrogen (secondary N) is 3. The Balaban J connectivity index is 0.000000282. The fourth-order valence-electron chi connectivity index (χ4n) is 4.15. The summed E-state index contributed by atoms with van der Waals surface area (Å²) in [5.41, 5.74) is 3.49. The Hall–Kier alpha value is -1.86. The van der Waals surface area contributed by atoms with Gasteiger partial charge in [-0.2, -0.15) is 0 Å². The Morgan fingerprint density at radius 3 is 1.64 bits per heavy atom. The van der Waals surface area contributed by atoms with Crippen molar-refractivity contribution in [1.82, 2.24) is 20.4 Å². The number of aryl methyl sites for hydroxylation is 1. The Morgan fingerprint density at radius 1 is 0.738 bits per heavy atom. The van der Waals surface area contributed by atoms with Gasteiger partial charge < -0.3 is 25.3 Å². The maximum atomic E-state index is 5.17. The van der Waals surface area contributed by atoms with E-state index in [1.54, 1.807) is 6.26 Å². The smallest absolute Gasteiger partial charge is 0.117 e. The fourth-order valence-corrected chi connectivity index (χ4v) is 4.15. The van der Waals surface area contributed by atoms with Crippen LogP contribution in [0.15, 0.2) is 47.1 Å². The zero-order valence-corrected chi connectivity index (χ0v) is 29.9. The lowest BCUT2D eigenvalue weighted by atomic mass is 10.1. The zero-order valence-electron chi connectivity index (χ0n) is 29.9. The van der Waals surface area contributed by atoms with Crippen LogP contribution in [0.25, 0.3) is 0 Å². The molecule has 1 aliphatic carbocycles. The van der Waals surface area contributed by atoms with Gasteiger partial charge in [0.15, 0.2) is 0 Å². The predicted molar refractivity (Wildman–Crippen MR) is 185 cm³/mol. The van der Waals surface area contributed by atoms with Gasteiger partial charge in [-0.1, -0.05) is 17.7 Å². The van der Waals surface area contributed by atoms with Crippen LogP contribution in [-0.4, -0.2) is 71.2 Å². The molecule has 0 amide bonds. The van der Waals surface area contributed by atoms with Crippen LogP contribution in [0, 0.1) is 6.92 Å². The molecular weight excluding hydrogens is 518 g/mol. The van der Waals surface area contributed by atoms with Crippen LogP contribution in [0.2, 0.25) is 0 Å². The van der Waals surface area contributed by atoms with Crippen LogP contribution in [0.5, 0.6) is 0 Å². The first-order valence-corrected chi connectivity index (χ1v) is 16.0. The Kier molecular flexibility index (Phi) is 15.3. The molecule has 4 rings (SSSR count). The summed E-state index contributed by atoms with van der Waals surface area (Å²) in [7, 11) is 2.19. The van der Waals surface area contributed by atoms with Crippen molar-refractivity contribution in [2.45, 2.75) is 138 Å². The number of piperazine rings is 1. The second-order valence-corrected chi connectivity index (χ2v) is 16.1. The zero-order chi connectivity index (χ0) is 32.2. The van der Waals surface area contributed by atoms with Gasteiger partial charge in [0.25, 0.3) is 0 Å². The molecule has 6 nitrogen and oxygen atoms in total. The lowest BCUT2D eigenvalue weighted by Crippen LogP contribution is -2.52. The summed E-state index contributed by atoms with van der Waals surface area (Å²) in [6.45, 7) is 34.2. The molecule has 1 saturated heterocycles. The standard InChI is InChI=1S/C11H17N.C9H20N2.C9H15NO.C7H15N/c1-9-5-7-10(8-6-9)12-11(2,3)4;1-9(2,3)11-7-5-10(4)6-8-11;1-9(2,3)10-7-8-5-4-6-11-8;1-7(2,3)8-6-4-5-6/h5-8,12H,1-4H3;5-8H2,1-4H3;4-6,10H,7H2,1-3H3;6,8H,4-5H2,1-3H3. The van der Waals surface area contributed by atoms with E-state index in [2.05, 4.69) is 147 Å². The van der Waals surface area contributed by atoms with Crippen LogP contribution >= 0.6 is 0 Å². The van der Waals surface area contributed by atoms with Gasteiger partial charge in [-0.15, -0.1) is 0 Å². The van der Waals surface area contributed by atoms with Crippen molar-refractivity contribution in [3.8, 4) is 0 Å². The van der Waals surface area contributed by atoms with E-state index in [1.165, 1.54) is 50.3 Å². The molecule has 0 spiro atoms. The first-order valence-electron chi connectivity index (χ1n) is 16.0. The number of benzene rings is 1. The first-order chi connectivity index (χ1) is 19.1. The summed E-state index contributed by atoms with van der Waals surface area (Å²) in [5, 5.41) is 10.2. The molecule has 242 valence electrons. The van der Waals surface area contributed by atoms with E-state index in [1.807, 2.05) is 12.1 Å². The van der Waals surface area contributed by atoms with Crippen LogP contribution in [0.1, 0.15) is 107 Å². The Bertz CT molecular complexity index is 945. The average molecular weight is 586 g/mol. The third kappa shape index (κ3) is 20.9. The number of nitrogens with zero attached hydrogens (tertiary/aromatic N) is 2. The van der Waals surface area contributed by atoms with Gasteiger partial charge in [-0.25, -0.2) is 0 Å². The highest BCUT2D eigenvalue weighted by atomic mass is 16.3. The monoisotopic (exact) mass is 586 g/mol. The second kappa shape index (κ2) is 16.8. The molecule has 2 aromatic rings. The summed E-state index contributed by atoms with van der Waals surface area (Å²) >= 11 is 0. The number of hydrogen-bond donors (Lipinski definition) is 3. The quantitative estimate of drug-likeness (QED) is 0.339. The molecule has 0 unspecified atom stereocenters. The van der Waals surface area contributed by atoms with E-state index in [0.29, 0.717) is 11.1 Å². The van der Waals surface area contributed by atoms with E-state index in [4.69, 9.17) is 4.42 Å². The summed E-state index contributed by atoms with van der Waals surface area (Å²) in [6, 6.07) is 13.2. The van der Waals surface area contributed by atoms with Gasteiger partial charge in [0.2, 0.25) is 0 Å². The lowest BCUT2D eigenvalue weighted by Gasteiger charge is -2.41. The molecule has 1 aliphatic heterocycles. The Morgan fingerprint density at radius 2 is 1.29 bits per heavy atom. The molecule has 3 N–H and O–H groups in total.